The van der Waals surface area contributed by atoms with Gasteiger partial charge in [0.25, 0.3) is 0 Å². The van der Waals surface area contributed by atoms with Crippen molar-refractivity contribution in [3.05, 3.63) is 29.0 Å². The van der Waals surface area contributed by atoms with E-state index in [1.165, 1.54) is 18.6 Å². The van der Waals surface area contributed by atoms with Crippen molar-refractivity contribution in [2.75, 3.05) is 11.9 Å². The summed E-state index contributed by atoms with van der Waals surface area (Å²) in [4.78, 5) is 0. The maximum atomic E-state index is 13.4. The third kappa shape index (κ3) is 3.03. The Morgan fingerprint density at radius 3 is 2.84 bits per heavy atom. The molecule has 19 heavy (non-hydrogen) atoms. The molecule has 0 spiro atoms. The van der Waals surface area contributed by atoms with Gasteiger partial charge in [-0.2, -0.15) is 0 Å². The van der Waals surface area contributed by atoms with E-state index in [9.17, 15) is 4.39 Å². The first-order valence-electron chi connectivity index (χ1n) is 6.90. The first-order chi connectivity index (χ1) is 8.97. The zero-order valence-corrected chi connectivity index (χ0v) is 12.3. The van der Waals surface area contributed by atoms with Crippen LogP contribution in [0, 0.1) is 17.7 Å². The maximum Gasteiger partial charge on any atom is 0.125 e. The van der Waals surface area contributed by atoms with E-state index in [0.29, 0.717) is 29.1 Å². The highest BCUT2D eigenvalue weighted by molar-refractivity contribution is 6.33. The van der Waals surface area contributed by atoms with E-state index in [1.54, 1.807) is 6.07 Å². The minimum Gasteiger partial charge on any atom is -0.377 e. The van der Waals surface area contributed by atoms with Crippen LogP contribution in [-0.2, 0) is 0 Å². The summed E-state index contributed by atoms with van der Waals surface area (Å²) >= 11 is 6.15. The highest BCUT2D eigenvalue weighted by Gasteiger charge is 2.39. The maximum absolute atomic E-state index is 13.4. The molecule has 106 valence electrons. The number of benzene rings is 1. The molecule has 1 aromatic carbocycles. The van der Waals surface area contributed by atoms with Gasteiger partial charge in [-0.05, 0) is 42.9 Å². The number of nitrogens with one attached hydrogen (secondary N) is 1. The summed E-state index contributed by atoms with van der Waals surface area (Å²) in [5.74, 6) is 0.795. The van der Waals surface area contributed by atoms with Gasteiger partial charge in [0.05, 0.1) is 16.2 Å². The Labute approximate surface area is 119 Å². The predicted molar refractivity (Wildman–Crippen MR) is 79.0 cm³/mol. The van der Waals surface area contributed by atoms with Crippen molar-refractivity contribution < 1.29 is 4.39 Å². The van der Waals surface area contributed by atoms with E-state index in [1.807, 2.05) is 0 Å². The van der Waals surface area contributed by atoms with Gasteiger partial charge in [0, 0.05) is 6.54 Å². The topological polar surface area (TPSA) is 38.0 Å². The quantitative estimate of drug-likeness (QED) is 0.879. The number of nitrogens with two attached hydrogens (primary N) is 1. The number of hydrogen-bond donors (Lipinski definition) is 2. The van der Waals surface area contributed by atoms with Gasteiger partial charge >= 0.3 is 0 Å². The SMILES string of the molecule is CC1CCC(C)C(CN)(Nc2cc(F)ccc2Cl)C1. The van der Waals surface area contributed by atoms with Crippen molar-refractivity contribution in [3.63, 3.8) is 0 Å². The standard InChI is InChI=1S/C15H22ClFN2/c1-10-3-4-11(2)15(8-10,9-18)19-14-7-12(17)5-6-13(14)16/h5-7,10-11,19H,3-4,8-9,18H2,1-2H3. The Morgan fingerprint density at radius 2 is 2.16 bits per heavy atom. The Bertz CT molecular complexity index is 452. The minimum absolute atomic E-state index is 0.185. The fourth-order valence-corrected chi connectivity index (χ4v) is 3.27. The van der Waals surface area contributed by atoms with Gasteiger partial charge in [-0.15, -0.1) is 0 Å². The molecule has 0 amide bonds. The highest BCUT2D eigenvalue weighted by Crippen LogP contribution is 2.40. The highest BCUT2D eigenvalue weighted by atomic mass is 35.5. The first-order valence-corrected chi connectivity index (χ1v) is 7.28. The van der Waals surface area contributed by atoms with Crippen molar-refractivity contribution in [2.45, 2.75) is 38.6 Å². The monoisotopic (exact) mass is 284 g/mol. The number of halogens is 2. The molecule has 0 saturated heterocycles. The van der Waals surface area contributed by atoms with Crippen LogP contribution >= 0.6 is 11.6 Å². The molecule has 2 nitrogen and oxygen atoms in total. The zero-order chi connectivity index (χ0) is 14.0. The van der Waals surface area contributed by atoms with Crippen LogP contribution in [0.5, 0.6) is 0 Å². The van der Waals surface area contributed by atoms with Crippen molar-refractivity contribution in [1.29, 1.82) is 0 Å². The summed E-state index contributed by atoms with van der Waals surface area (Å²) in [6, 6.07) is 4.40. The molecule has 0 bridgehead atoms. The lowest BCUT2D eigenvalue weighted by molar-refractivity contribution is 0.188. The molecule has 2 rings (SSSR count). The van der Waals surface area contributed by atoms with E-state index in [4.69, 9.17) is 17.3 Å². The molecule has 3 atom stereocenters. The number of hydrogen-bond acceptors (Lipinski definition) is 2. The molecule has 4 heteroatoms. The van der Waals surface area contributed by atoms with Crippen molar-refractivity contribution in [2.24, 2.45) is 17.6 Å². The molecule has 0 aliphatic heterocycles. The molecule has 1 aromatic rings. The normalized spacial score (nSPS) is 31.2. The van der Waals surface area contributed by atoms with Gasteiger partial charge in [-0.3, -0.25) is 0 Å². The third-order valence-electron chi connectivity index (χ3n) is 4.42. The average molecular weight is 285 g/mol. The number of rotatable bonds is 3. The fraction of sp³-hybridized carbons (Fsp3) is 0.600. The third-order valence-corrected chi connectivity index (χ3v) is 4.75. The van der Waals surface area contributed by atoms with Crippen LogP contribution in [0.3, 0.4) is 0 Å². The lowest BCUT2D eigenvalue weighted by Gasteiger charge is -2.46. The van der Waals surface area contributed by atoms with E-state index >= 15 is 0 Å². The molecular weight excluding hydrogens is 263 g/mol. The first kappa shape index (κ1) is 14.6. The van der Waals surface area contributed by atoms with Gasteiger partial charge in [0.2, 0.25) is 0 Å². The summed E-state index contributed by atoms with van der Waals surface area (Å²) in [5, 5.41) is 3.98. The Hall–Kier alpha value is -0.800. The fourth-order valence-electron chi connectivity index (χ4n) is 3.11. The van der Waals surface area contributed by atoms with Gasteiger partial charge in [0.15, 0.2) is 0 Å². The van der Waals surface area contributed by atoms with Gasteiger partial charge < -0.3 is 11.1 Å². The van der Waals surface area contributed by atoms with Crippen LogP contribution < -0.4 is 11.1 Å². The number of anilines is 1. The second-order valence-corrected chi connectivity index (χ2v) is 6.30. The molecule has 0 aromatic heterocycles. The van der Waals surface area contributed by atoms with Crippen LogP contribution in [0.4, 0.5) is 10.1 Å². The molecule has 1 aliphatic rings. The smallest absolute Gasteiger partial charge is 0.125 e. The Morgan fingerprint density at radius 1 is 1.42 bits per heavy atom. The molecule has 0 heterocycles. The zero-order valence-electron chi connectivity index (χ0n) is 11.5. The Balaban J connectivity index is 2.29. The molecule has 1 saturated carbocycles. The van der Waals surface area contributed by atoms with Crippen LogP contribution in [0.2, 0.25) is 5.02 Å². The second-order valence-electron chi connectivity index (χ2n) is 5.90. The van der Waals surface area contributed by atoms with Gasteiger partial charge in [0.1, 0.15) is 5.82 Å². The van der Waals surface area contributed by atoms with E-state index in [2.05, 4.69) is 19.2 Å². The van der Waals surface area contributed by atoms with Gasteiger partial charge in [-0.1, -0.05) is 31.9 Å². The molecule has 1 fully saturated rings. The van der Waals surface area contributed by atoms with Crippen molar-refractivity contribution >= 4 is 17.3 Å². The summed E-state index contributed by atoms with van der Waals surface area (Å²) in [6.07, 6.45) is 3.36. The van der Waals surface area contributed by atoms with Crippen molar-refractivity contribution in [3.8, 4) is 0 Å². The van der Waals surface area contributed by atoms with Crippen LogP contribution in [0.15, 0.2) is 18.2 Å². The largest absolute Gasteiger partial charge is 0.377 e. The van der Waals surface area contributed by atoms with Crippen LogP contribution in [0.1, 0.15) is 33.1 Å². The van der Waals surface area contributed by atoms with Crippen LogP contribution in [0.25, 0.3) is 0 Å². The predicted octanol–water partition coefficient (Wildman–Crippen LogP) is 4.04. The average Bonchev–Trinajstić information content (AvgIpc) is 2.38. The minimum atomic E-state index is -0.282. The molecular formula is C15H22ClFN2. The van der Waals surface area contributed by atoms with Crippen LogP contribution in [-0.4, -0.2) is 12.1 Å². The Kier molecular flexibility index (Phi) is 4.36. The summed E-state index contributed by atoms with van der Waals surface area (Å²) in [7, 11) is 0. The summed E-state index contributed by atoms with van der Waals surface area (Å²) < 4.78 is 13.4. The molecule has 3 unspecified atom stereocenters. The summed E-state index contributed by atoms with van der Waals surface area (Å²) in [5.41, 5.74) is 6.49. The summed E-state index contributed by atoms with van der Waals surface area (Å²) in [6.45, 7) is 4.98. The molecule has 1 aliphatic carbocycles. The van der Waals surface area contributed by atoms with E-state index in [-0.39, 0.29) is 11.4 Å². The lowest BCUT2D eigenvalue weighted by Crippen LogP contribution is -2.54. The molecule has 0 radical (unpaired) electrons. The lowest BCUT2D eigenvalue weighted by atomic mass is 9.69. The molecule has 3 N–H and O–H groups in total. The second kappa shape index (κ2) is 5.68. The van der Waals surface area contributed by atoms with Gasteiger partial charge in [-0.25, -0.2) is 4.39 Å². The van der Waals surface area contributed by atoms with E-state index < -0.39 is 0 Å². The van der Waals surface area contributed by atoms with E-state index in [0.717, 1.165) is 12.8 Å². The van der Waals surface area contributed by atoms with Crippen molar-refractivity contribution in [1.82, 2.24) is 0 Å².